The Hall–Kier alpha value is 0.991. The molecule has 0 aromatic rings. The predicted molar refractivity (Wildman–Crippen MR) is 54.9 cm³/mol. The molecule has 65 valence electrons. The molecule has 0 aliphatic heterocycles. The van der Waals surface area contributed by atoms with Gasteiger partial charge in [-0.05, 0) is 0 Å². The average molecular weight is 245 g/mol. The summed E-state index contributed by atoms with van der Waals surface area (Å²) in [6.07, 6.45) is 10.0. The van der Waals surface area contributed by atoms with Gasteiger partial charge in [-0.15, -0.1) is 31.2 Å². The second-order valence-corrected chi connectivity index (χ2v) is 2.74. The van der Waals surface area contributed by atoms with Crippen molar-refractivity contribution < 1.29 is 21.7 Å². The van der Waals surface area contributed by atoms with Crippen molar-refractivity contribution in [2.75, 3.05) is 0 Å². The SMILES string of the molecule is C[SiH]C.Cl.Cl.[C-]1=CC=CC1.[Ti]. The molecule has 0 nitrogen and oxygen atoms in total. The molecule has 1 radical (unpaired) electrons. The van der Waals surface area contributed by atoms with E-state index in [1.54, 1.807) is 0 Å². The first-order chi connectivity index (χ1) is 3.91. The summed E-state index contributed by atoms with van der Waals surface area (Å²) in [6.45, 7) is 4.42. The summed E-state index contributed by atoms with van der Waals surface area (Å²) in [5.41, 5.74) is 0. The first kappa shape index (κ1) is 22.7. The second-order valence-electron chi connectivity index (χ2n) is 1.58. The van der Waals surface area contributed by atoms with Crippen LogP contribution in [0.15, 0.2) is 18.2 Å². The molecule has 0 bridgehead atoms. The van der Waals surface area contributed by atoms with Crippen molar-refractivity contribution in [2.24, 2.45) is 0 Å². The van der Waals surface area contributed by atoms with E-state index in [0.717, 1.165) is 15.9 Å². The molecule has 11 heavy (non-hydrogen) atoms. The van der Waals surface area contributed by atoms with Crippen molar-refractivity contribution in [3.8, 4) is 0 Å². The molecule has 1 rings (SSSR count). The fraction of sp³-hybridized carbons (Fsp3) is 0.429. The molecule has 0 unspecified atom stereocenters. The maximum Gasteiger partial charge on any atom is 0.0213 e. The van der Waals surface area contributed by atoms with Gasteiger partial charge in [-0.1, -0.05) is 13.1 Å². The number of hydrogen-bond donors (Lipinski definition) is 0. The molecule has 0 spiro atoms. The summed E-state index contributed by atoms with van der Waals surface area (Å²) in [7, 11) is 0.750. The first-order valence-electron chi connectivity index (χ1n) is 2.87. The average Bonchev–Trinajstić information content (AvgIpc) is 2.17. The largest absolute Gasteiger partial charge is 0.273 e. The zero-order chi connectivity index (χ0) is 6.24. The van der Waals surface area contributed by atoms with Crippen molar-refractivity contribution in [1.29, 1.82) is 0 Å². The zero-order valence-corrected chi connectivity index (χ0v) is 11.2. The zero-order valence-electron chi connectivity index (χ0n) is 6.83. The Labute approximate surface area is 99.4 Å². The van der Waals surface area contributed by atoms with Gasteiger partial charge in [0.25, 0.3) is 0 Å². The van der Waals surface area contributed by atoms with E-state index in [0.29, 0.717) is 0 Å². The molecular formula is C7H14Cl2SiTi-. The molecule has 0 fully saturated rings. The standard InChI is InChI=1S/C5H5.C2H7Si.2ClH.Ti/c1-2-4-5-3-1;1-3-2;;;/h1-3H,4H2;3H,1-2H3;2*1H;/q-1;;;;. The minimum absolute atomic E-state index is 0. The van der Waals surface area contributed by atoms with Gasteiger partial charge >= 0.3 is 0 Å². The smallest absolute Gasteiger partial charge is 0.0213 e. The monoisotopic (exact) mass is 244 g/mol. The van der Waals surface area contributed by atoms with Crippen LogP contribution >= 0.6 is 24.8 Å². The molecule has 0 heterocycles. The maximum absolute atomic E-state index is 2.99. The summed E-state index contributed by atoms with van der Waals surface area (Å²) in [4.78, 5) is 0. The van der Waals surface area contributed by atoms with Gasteiger partial charge < -0.3 is 0 Å². The second kappa shape index (κ2) is 22.4. The van der Waals surface area contributed by atoms with E-state index in [1.807, 2.05) is 12.2 Å². The molecule has 0 aromatic carbocycles. The molecule has 0 N–H and O–H groups in total. The van der Waals surface area contributed by atoms with Gasteiger partial charge in [0.05, 0.1) is 0 Å². The van der Waals surface area contributed by atoms with Crippen LogP contribution in [0.25, 0.3) is 0 Å². The Kier molecular flexibility index (Phi) is 46.3. The van der Waals surface area contributed by atoms with E-state index in [9.17, 15) is 0 Å². The Morgan fingerprint density at radius 1 is 1.27 bits per heavy atom. The summed E-state index contributed by atoms with van der Waals surface area (Å²) >= 11 is 0. The van der Waals surface area contributed by atoms with E-state index < -0.39 is 0 Å². The van der Waals surface area contributed by atoms with Crippen LogP contribution < -0.4 is 0 Å². The van der Waals surface area contributed by atoms with Gasteiger partial charge in [0.15, 0.2) is 0 Å². The van der Waals surface area contributed by atoms with Crippen molar-refractivity contribution in [2.45, 2.75) is 19.5 Å². The normalized spacial score (nSPS) is 9.64. The van der Waals surface area contributed by atoms with E-state index in [-0.39, 0.29) is 46.5 Å². The van der Waals surface area contributed by atoms with Crippen molar-refractivity contribution in [3.05, 3.63) is 24.3 Å². The van der Waals surface area contributed by atoms with Gasteiger partial charge in [0.2, 0.25) is 0 Å². The molecule has 1 aliphatic rings. The predicted octanol–water partition coefficient (Wildman–Crippen LogP) is 2.67. The van der Waals surface area contributed by atoms with Crippen LogP contribution in [0.5, 0.6) is 0 Å². The maximum atomic E-state index is 2.99. The van der Waals surface area contributed by atoms with Crippen LogP contribution in [0, 0.1) is 6.08 Å². The number of allylic oxidation sites excluding steroid dienone is 4. The van der Waals surface area contributed by atoms with Crippen LogP contribution in [0.3, 0.4) is 0 Å². The van der Waals surface area contributed by atoms with Gasteiger partial charge in [-0.3, -0.25) is 6.08 Å². The summed E-state index contributed by atoms with van der Waals surface area (Å²) in [5, 5.41) is 0. The van der Waals surface area contributed by atoms with Crippen molar-refractivity contribution in [1.82, 2.24) is 0 Å². The molecule has 0 saturated heterocycles. The topological polar surface area (TPSA) is 0 Å². The van der Waals surface area contributed by atoms with Crippen molar-refractivity contribution >= 4 is 34.3 Å². The van der Waals surface area contributed by atoms with Gasteiger partial charge in [0, 0.05) is 31.2 Å². The minimum atomic E-state index is 0. The quantitative estimate of drug-likeness (QED) is 0.454. The summed E-state index contributed by atoms with van der Waals surface area (Å²) in [6, 6.07) is 0. The number of hydrogen-bond acceptors (Lipinski definition) is 0. The fourth-order valence-corrected chi connectivity index (χ4v) is 0.340. The molecule has 0 atom stereocenters. The van der Waals surface area contributed by atoms with Gasteiger partial charge in [-0.2, -0.15) is 6.08 Å². The molecule has 0 amide bonds. The minimum Gasteiger partial charge on any atom is -0.273 e. The Bertz CT molecular complexity index is 84.4. The third kappa shape index (κ3) is 24.8. The van der Waals surface area contributed by atoms with Crippen LogP contribution in [0.1, 0.15) is 6.42 Å². The van der Waals surface area contributed by atoms with Gasteiger partial charge in [0.1, 0.15) is 0 Å². The Balaban J connectivity index is -0.0000000379. The summed E-state index contributed by atoms with van der Waals surface area (Å²) < 4.78 is 0. The third-order valence-electron chi connectivity index (χ3n) is 0.586. The molecular weight excluding hydrogens is 231 g/mol. The van der Waals surface area contributed by atoms with Crippen LogP contribution in [-0.4, -0.2) is 9.52 Å². The van der Waals surface area contributed by atoms with Crippen molar-refractivity contribution in [3.63, 3.8) is 0 Å². The van der Waals surface area contributed by atoms with E-state index in [4.69, 9.17) is 0 Å². The van der Waals surface area contributed by atoms with Gasteiger partial charge in [-0.25, -0.2) is 12.2 Å². The van der Waals surface area contributed by atoms with Crippen LogP contribution in [0.4, 0.5) is 0 Å². The third-order valence-corrected chi connectivity index (χ3v) is 0.586. The Morgan fingerprint density at radius 3 is 1.82 bits per heavy atom. The molecule has 1 aliphatic carbocycles. The van der Waals surface area contributed by atoms with E-state index in [2.05, 4.69) is 25.2 Å². The molecule has 0 saturated carbocycles. The van der Waals surface area contributed by atoms with E-state index in [1.165, 1.54) is 0 Å². The number of halogens is 2. The first-order valence-corrected chi connectivity index (χ1v) is 5.18. The molecule has 0 aromatic heterocycles. The fourth-order valence-electron chi connectivity index (χ4n) is 0.340. The molecule has 4 heteroatoms. The van der Waals surface area contributed by atoms with E-state index >= 15 is 0 Å². The van der Waals surface area contributed by atoms with Crippen LogP contribution in [-0.2, 0) is 21.7 Å². The Morgan fingerprint density at radius 2 is 1.73 bits per heavy atom. The van der Waals surface area contributed by atoms with Crippen LogP contribution in [0.2, 0.25) is 13.1 Å². The summed E-state index contributed by atoms with van der Waals surface area (Å²) in [5.74, 6) is 0. The number of rotatable bonds is 0.